The van der Waals surface area contributed by atoms with Crippen LogP contribution in [0, 0.1) is 23.3 Å². The van der Waals surface area contributed by atoms with Gasteiger partial charge in [-0.15, -0.1) is 0 Å². The van der Waals surface area contributed by atoms with E-state index in [1.165, 1.54) is 36.4 Å². The van der Waals surface area contributed by atoms with Gasteiger partial charge >= 0.3 is 12.1 Å². The second-order valence-corrected chi connectivity index (χ2v) is 9.21. The van der Waals surface area contributed by atoms with Crippen LogP contribution in [0.15, 0.2) is 72.8 Å². The zero-order valence-corrected chi connectivity index (χ0v) is 22.3. The minimum atomic E-state index is -1.29. The number of hydrogen-bond acceptors (Lipinski definition) is 4. The maximum atomic E-state index is 13.8. The molecule has 0 saturated heterocycles. The van der Waals surface area contributed by atoms with Crippen LogP contribution in [0.3, 0.4) is 0 Å². The molecule has 0 aliphatic rings. The van der Waals surface area contributed by atoms with E-state index >= 15 is 0 Å². The van der Waals surface area contributed by atoms with E-state index in [2.05, 4.69) is 10.6 Å². The molecule has 0 atom stereocenters. The number of benzene rings is 4. The van der Waals surface area contributed by atoms with Crippen LogP contribution < -0.4 is 21.3 Å². The van der Waals surface area contributed by atoms with Gasteiger partial charge in [-0.1, -0.05) is 47.5 Å². The average molecular weight is 619 g/mol. The molecule has 0 unspecified atom stereocenters. The molecule has 4 aromatic rings. The number of amides is 6. The van der Waals surface area contributed by atoms with E-state index in [1.54, 1.807) is 0 Å². The van der Waals surface area contributed by atoms with Crippen molar-refractivity contribution in [3.8, 4) is 11.1 Å². The van der Waals surface area contributed by atoms with Crippen LogP contribution >= 0.6 is 23.2 Å². The molecule has 0 spiro atoms. The van der Waals surface area contributed by atoms with Crippen molar-refractivity contribution in [2.45, 2.75) is 0 Å². The third-order valence-corrected chi connectivity index (χ3v) is 6.20. The Hall–Kier alpha value is -4.94. The zero-order chi connectivity index (χ0) is 30.6. The van der Waals surface area contributed by atoms with Crippen molar-refractivity contribution in [2.24, 2.45) is 0 Å². The maximum absolute atomic E-state index is 13.8. The van der Waals surface area contributed by atoms with Crippen molar-refractivity contribution < 1.29 is 36.7 Å². The summed E-state index contributed by atoms with van der Waals surface area (Å²) in [5, 5.41) is 8.49. The zero-order valence-electron chi connectivity index (χ0n) is 20.8. The molecule has 0 heterocycles. The summed E-state index contributed by atoms with van der Waals surface area (Å²) in [7, 11) is 0. The van der Waals surface area contributed by atoms with Crippen molar-refractivity contribution >= 4 is 58.5 Å². The summed E-state index contributed by atoms with van der Waals surface area (Å²) < 4.78 is 55.1. The maximum Gasteiger partial charge on any atom is 0.326 e. The van der Waals surface area contributed by atoms with Crippen LogP contribution in [-0.4, -0.2) is 23.9 Å². The number of nitrogens with one attached hydrogen (secondary N) is 4. The molecule has 0 aromatic heterocycles. The standard InChI is InChI=1S/C28H16Cl2F4N4O4/c29-17-11-13(35-27(41)37-25(39)23-19(31)3-1-4-20(23)32)7-9-15(17)16-10-8-14(12-18(16)30)36-28(42)38-26(40)24-21(33)5-2-6-22(24)34/h1-12H,(H2,35,37,39,41)(H2,36,38,40,42). The molecule has 4 N–H and O–H groups in total. The summed E-state index contributed by atoms with van der Waals surface area (Å²) in [6.07, 6.45) is 0. The molecule has 0 aliphatic heterocycles. The van der Waals surface area contributed by atoms with Gasteiger partial charge < -0.3 is 10.6 Å². The Morgan fingerprint density at radius 3 is 1.17 bits per heavy atom. The summed E-state index contributed by atoms with van der Waals surface area (Å²) in [6.45, 7) is 0. The lowest BCUT2D eigenvalue weighted by Crippen LogP contribution is -2.35. The summed E-state index contributed by atoms with van der Waals surface area (Å²) in [4.78, 5) is 48.6. The Morgan fingerprint density at radius 1 is 0.524 bits per heavy atom. The van der Waals surface area contributed by atoms with E-state index in [0.717, 1.165) is 36.4 Å². The third kappa shape index (κ3) is 6.85. The SMILES string of the molecule is O=C(NC(=O)c1c(F)cccc1F)Nc1ccc(-c2ccc(NC(=O)NC(=O)c3c(F)cccc3F)cc2Cl)c(Cl)c1. The fraction of sp³-hybridized carbons (Fsp3) is 0. The van der Waals surface area contributed by atoms with Gasteiger partial charge in [0.15, 0.2) is 0 Å². The monoisotopic (exact) mass is 618 g/mol. The summed E-state index contributed by atoms with van der Waals surface area (Å²) in [6, 6.07) is 11.9. The molecule has 0 radical (unpaired) electrons. The predicted octanol–water partition coefficient (Wildman–Crippen LogP) is 7.14. The van der Waals surface area contributed by atoms with Crippen molar-refractivity contribution in [1.29, 1.82) is 0 Å². The fourth-order valence-electron chi connectivity index (χ4n) is 3.71. The fourth-order valence-corrected chi connectivity index (χ4v) is 4.27. The highest BCUT2D eigenvalue weighted by Crippen LogP contribution is 2.36. The van der Waals surface area contributed by atoms with Crippen LogP contribution in [0.4, 0.5) is 38.5 Å². The molecule has 0 aliphatic carbocycles. The molecule has 0 fully saturated rings. The lowest BCUT2D eigenvalue weighted by Gasteiger charge is -2.13. The van der Waals surface area contributed by atoms with Gasteiger partial charge in [0.05, 0.1) is 10.0 Å². The largest absolute Gasteiger partial charge is 0.326 e. The van der Waals surface area contributed by atoms with Gasteiger partial charge in [-0.2, -0.15) is 0 Å². The van der Waals surface area contributed by atoms with Gasteiger partial charge in [0, 0.05) is 22.5 Å². The minimum absolute atomic E-state index is 0.108. The summed E-state index contributed by atoms with van der Waals surface area (Å²) in [5.74, 6) is -7.14. The predicted molar refractivity (Wildman–Crippen MR) is 148 cm³/mol. The number of urea groups is 2. The molecule has 0 bridgehead atoms. The number of rotatable bonds is 5. The highest BCUT2D eigenvalue weighted by Gasteiger charge is 2.21. The summed E-state index contributed by atoms with van der Waals surface area (Å²) >= 11 is 12.7. The Kier molecular flexibility index (Phi) is 9.09. The van der Waals surface area contributed by atoms with Crippen molar-refractivity contribution in [3.63, 3.8) is 0 Å². The molecular weight excluding hydrogens is 603 g/mol. The summed E-state index contributed by atoms with van der Waals surface area (Å²) in [5.41, 5.74) is -0.778. The first kappa shape index (κ1) is 30.0. The van der Waals surface area contributed by atoms with Crippen LogP contribution in [0.1, 0.15) is 20.7 Å². The lowest BCUT2D eigenvalue weighted by molar-refractivity contribution is 0.0948. The van der Waals surface area contributed by atoms with E-state index in [9.17, 15) is 36.7 Å². The normalized spacial score (nSPS) is 10.5. The Labute approximate surface area is 244 Å². The van der Waals surface area contributed by atoms with E-state index in [1.807, 2.05) is 10.6 Å². The van der Waals surface area contributed by atoms with E-state index in [-0.39, 0.29) is 21.4 Å². The van der Waals surface area contributed by atoms with Crippen LogP contribution in [0.5, 0.6) is 0 Å². The second-order valence-electron chi connectivity index (χ2n) is 8.40. The van der Waals surface area contributed by atoms with E-state index in [4.69, 9.17) is 23.2 Å². The number of hydrogen-bond donors (Lipinski definition) is 4. The van der Waals surface area contributed by atoms with E-state index in [0.29, 0.717) is 11.1 Å². The molecule has 8 nitrogen and oxygen atoms in total. The Bertz CT molecular complexity index is 1590. The first-order chi connectivity index (χ1) is 19.9. The molecule has 6 amide bonds. The molecule has 4 rings (SSSR count). The number of halogens is 6. The third-order valence-electron chi connectivity index (χ3n) is 5.58. The quantitative estimate of drug-likeness (QED) is 0.178. The van der Waals surface area contributed by atoms with Crippen molar-refractivity contribution in [3.05, 3.63) is 117 Å². The first-order valence-corrected chi connectivity index (χ1v) is 12.4. The number of carbonyl (C=O) groups excluding carboxylic acids is 4. The van der Waals surface area contributed by atoms with Gasteiger partial charge in [-0.05, 0) is 48.5 Å². The Balaban J connectivity index is 1.41. The first-order valence-electron chi connectivity index (χ1n) is 11.7. The molecule has 4 aromatic carbocycles. The minimum Gasteiger partial charge on any atom is -0.308 e. The smallest absolute Gasteiger partial charge is 0.308 e. The van der Waals surface area contributed by atoms with Gasteiger partial charge in [0.1, 0.15) is 34.4 Å². The van der Waals surface area contributed by atoms with Crippen LogP contribution in [0.25, 0.3) is 11.1 Å². The van der Waals surface area contributed by atoms with Crippen molar-refractivity contribution in [1.82, 2.24) is 10.6 Å². The molecule has 214 valence electrons. The number of anilines is 2. The van der Waals surface area contributed by atoms with E-state index < -0.39 is 58.3 Å². The molecule has 14 heteroatoms. The van der Waals surface area contributed by atoms with Gasteiger partial charge in [0.25, 0.3) is 11.8 Å². The number of carbonyl (C=O) groups is 4. The topological polar surface area (TPSA) is 116 Å². The lowest BCUT2D eigenvalue weighted by atomic mass is 10.0. The van der Waals surface area contributed by atoms with Crippen LogP contribution in [-0.2, 0) is 0 Å². The van der Waals surface area contributed by atoms with Gasteiger partial charge in [-0.3, -0.25) is 20.2 Å². The highest BCUT2D eigenvalue weighted by molar-refractivity contribution is 6.37. The Morgan fingerprint density at radius 2 is 0.857 bits per heavy atom. The van der Waals surface area contributed by atoms with Crippen LogP contribution in [0.2, 0.25) is 10.0 Å². The van der Waals surface area contributed by atoms with Gasteiger partial charge in [-0.25, -0.2) is 27.2 Å². The van der Waals surface area contributed by atoms with Crippen molar-refractivity contribution in [2.75, 3.05) is 10.6 Å². The highest BCUT2D eigenvalue weighted by atomic mass is 35.5. The molecular formula is C28H16Cl2F4N4O4. The average Bonchev–Trinajstić information content (AvgIpc) is 2.89. The molecule has 0 saturated carbocycles. The number of imide groups is 2. The molecule has 42 heavy (non-hydrogen) atoms. The van der Waals surface area contributed by atoms with Gasteiger partial charge in [0.2, 0.25) is 0 Å². The second kappa shape index (κ2) is 12.7.